The number of pyridine rings is 2. The van der Waals surface area contributed by atoms with Crippen molar-refractivity contribution in [1.82, 2.24) is 14.9 Å². The van der Waals surface area contributed by atoms with Crippen LogP contribution in [-0.2, 0) is 4.74 Å². The van der Waals surface area contributed by atoms with E-state index in [1.165, 1.54) is 5.56 Å². The maximum Gasteiger partial charge on any atom is 0.134 e. The van der Waals surface area contributed by atoms with E-state index in [0.717, 1.165) is 70.3 Å². The first kappa shape index (κ1) is 21.1. The number of aliphatic hydroxyl groups excluding tert-OH is 1. The number of rotatable bonds is 6. The van der Waals surface area contributed by atoms with E-state index >= 15 is 0 Å². The van der Waals surface area contributed by atoms with Gasteiger partial charge in [0, 0.05) is 31.8 Å². The summed E-state index contributed by atoms with van der Waals surface area (Å²) in [5, 5.41) is 22.1. The monoisotopic (exact) mass is 434 g/mol. The first-order valence-corrected chi connectivity index (χ1v) is 11.5. The van der Waals surface area contributed by atoms with Gasteiger partial charge >= 0.3 is 0 Å². The van der Waals surface area contributed by atoms with Gasteiger partial charge in [-0.05, 0) is 68.1 Å². The van der Waals surface area contributed by atoms with E-state index in [1.54, 1.807) is 18.3 Å². The lowest BCUT2D eigenvalue weighted by Gasteiger charge is -2.41. The molecule has 1 unspecified atom stereocenters. The number of ether oxygens (including phenoxy) is 1. The first-order valence-electron chi connectivity index (χ1n) is 11.5. The number of aliphatic hydroxyl groups is 1. The first-order chi connectivity index (χ1) is 15.7. The predicted molar refractivity (Wildman–Crippen MR) is 122 cm³/mol. The Bertz CT molecular complexity index is 981. The normalized spacial score (nSPS) is 22.5. The molecule has 0 spiro atoms. The van der Waals surface area contributed by atoms with Crippen LogP contribution in [0.25, 0.3) is 0 Å². The van der Waals surface area contributed by atoms with Crippen LogP contribution < -0.4 is 10.2 Å². The number of piperidine rings is 1. The van der Waals surface area contributed by atoms with Crippen LogP contribution >= 0.6 is 0 Å². The zero-order valence-electron chi connectivity index (χ0n) is 18.3. The molecule has 0 saturated carbocycles. The molecule has 3 saturated heterocycles. The summed E-state index contributed by atoms with van der Waals surface area (Å²) in [6.45, 7) is 5.89. The topological polar surface area (TPSA) is 97.5 Å². The smallest absolute Gasteiger partial charge is 0.134 e. The largest absolute Gasteiger partial charge is 0.396 e. The molecule has 3 fully saturated rings. The molecule has 0 bridgehead atoms. The number of hydrogen-bond donors (Lipinski definition) is 2. The van der Waals surface area contributed by atoms with Crippen molar-refractivity contribution in [1.29, 1.82) is 5.26 Å². The summed E-state index contributed by atoms with van der Waals surface area (Å²) < 4.78 is 5.37. The standard InChI is InChI=1S/C24H30N6O2/c25-12-17-1-5-26-22(9-17)27-23-10-20(11-24(28-23)30-6-2-18(13-30)14-31)19-3-7-29(8-4-19)21-15-32-16-21/h1,5,9-11,18-19,21,31H,2-4,6-8,13-16H2,(H,26,27,28). The highest BCUT2D eigenvalue weighted by atomic mass is 16.5. The molecule has 2 aromatic rings. The van der Waals surface area contributed by atoms with E-state index in [2.05, 4.69) is 38.3 Å². The Morgan fingerprint density at radius 2 is 1.97 bits per heavy atom. The van der Waals surface area contributed by atoms with E-state index in [0.29, 0.717) is 29.3 Å². The molecule has 0 radical (unpaired) electrons. The molecule has 0 aliphatic carbocycles. The maximum atomic E-state index is 9.58. The average Bonchev–Trinajstić information content (AvgIpc) is 3.28. The summed E-state index contributed by atoms with van der Waals surface area (Å²) in [7, 11) is 0. The van der Waals surface area contributed by atoms with E-state index in [-0.39, 0.29) is 6.61 Å². The van der Waals surface area contributed by atoms with Crippen LogP contribution in [0.15, 0.2) is 30.5 Å². The quantitative estimate of drug-likeness (QED) is 0.716. The van der Waals surface area contributed by atoms with Gasteiger partial charge in [0.1, 0.15) is 17.5 Å². The fourth-order valence-corrected chi connectivity index (χ4v) is 4.92. The number of anilines is 3. The minimum absolute atomic E-state index is 0.218. The Morgan fingerprint density at radius 1 is 1.12 bits per heavy atom. The third-order valence-electron chi connectivity index (χ3n) is 6.99. The lowest BCUT2D eigenvalue weighted by molar-refractivity contribution is -0.0712. The third-order valence-corrected chi connectivity index (χ3v) is 6.99. The molecule has 3 aliphatic rings. The summed E-state index contributed by atoms with van der Waals surface area (Å²) >= 11 is 0. The molecule has 168 valence electrons. The molecular formula is C24H30N6O2. The number of nitrogens with zero attached hydrogens (tertiary/aromatic N) is 5. The van der Waals surface area contributed by atoms with Gasteiger partial charge in [-0.2, -0.15) is 5.26 Å². The Labute approximate surface area is 188 Å². The van der Waals surface area contributed by atoms with Crippen molar-refractivity contribution >= 4 is 17.5 Å². The fourth-order valence-electron chi connectivity index (χ4n) is 4.92. The molecule has 2 N–H and O–H groups in total. The predicted octanol–water partition coefficient (Wildman–Crippen LogP) is 2.49. The summed E-state index contributed by atoms with van der Waals surface area (Å²) in [5.41, 5.74) is 1.86. The van der Waals surface area contributed by atoms with Crippen molar-refractivity contribution in [2.75, 3.05) is 56.2 Å². The van der Waals surface area contributed by atoms with Crippen LogP contribution in [0.3, 0.4) is 0 Å². The summed E-state index contributed by atoms with van der Waals surface area (Å²) in [6.07, 6.45) is 4.87. The SMILES string of the molecule is N#Cc1ccnc(Nc2cc(C3CCN(C4COC4)CC3)cc(N3CCC(CO)C3)n2)c1. The highest BCUT2D eigenvalue weighted by Crippen LogP contribution is 2.34. The van der Waals surface area contributed by atoms with Crippen molar-refractivity contribution < 1.29 is 9.84 Å². The number of nitriles is 1. The average molecular weight is 435 g/mol. The number of hydrogen-bond acceptors (Lipinski definition) is 8. The summed E-state index contributed by atoms with van der Waals surface area (Å²) in [5.74, 6) is 3.12. The molecule has 5 heterocycles. The minimum Gasteiger partial charge on any atom is -0.396 e. The third kappa shape index (κ3) is 4.56. The Hall–Kier alpha value is -2.73. The van der Waals surface area contributed by atoms with Crippen molar-refractivity contribution in [3.63, 3.8) is 0 Å². The van der Waals surface area contributed by atoms with Gasteiger partial charge in [-0.15, -0.1) is 0 Å². The van der Waals surface area contributed by atoms with Crippen LogP contribution in [0.4, 0.5) is 17.5 Å². The Balaban J connectivity index is 1.38. The number of aromatic nitrogens is 2. The second kappa shape index (κ2) is 9.41. The van der Waals surface area contributed by atoms with Gasteiger partial charge in [-0.1, -0.05) is 0 Å². The molecule has 8 nitrogen and oxygen atoms in total. The van der Waals surface area contributed by atoms with Crippen molar-refractivity contribution in [3.8, 4) is 6.07 Å². The second-order valence-corrected chi connectivity index (χ2v) is 9.10. The lowest BCUT2D eigenvalue weighted by atomic mass is 9.89. The van der Waals surface area contributed by atoms with Crippen molar-refractivity contribution in [3.05, 3.63) is 41.6 Å². The Morgan fingerprint density at radius 3 is 2.66 bits per heavy atom. The molecule has 3 aliphatic heterocycles. The zero-order chi connectivity index (χ0) is 21.9. The zero-order valence-corrected chi connectivity index (χ0v) is 18.3. The van der Waals surface area contributed by atoms with E-state index < -0.39 is 0 Å². The molecule has 32 heavy (non-hydrogen) atoms. The Kier molecular flexibility index (Phi) is 6.21. The molecule has 8 heteroatoms. The van der Waals surface area contributed by atoms with E-state index in [4.69, 9.17) is 9.72 Å². The van der Waals surface area contributed by atoms with Gasteiger partial charge < -0.3 is 20.1 Å². The molecule has 1 atom stereocenters. The molecule has 2 aromatic heterocycles. The number of likely N-dealkylation sites (tertiary alicyclic amines) is 1. The van der Waals surface area contributed by atoms with Crippen LogP contribution in [0.2, 0.25) is 0 Å². The van der Waals surface area contributed by atoms with Gasteiger partial charge in [0.15, 0.2) is 0 Å². The van der Waals surface area contributed by atoms with Gasteiger partial charge in [-0.25, -0.2) is 9.97 Å². The van der Waals surface area contributed by atoms with Crippen molar-refractivity contribution in [2.24, 2.45) is 5.92 Å². The van der Waals surface area contributed by atoms with Crippen LogP contribution in [0, 0.1) is 17.2 Å². The van der Waals surface area contributed by atoms with Crippen LogP contribution in [0.5, 0.6) is 0 Å². The van der Waals surface area contributed by atoms with Gasteiger partial charge in [0.2, 0.25) is 0 Å². The van der Waals surface area contributed by atoms with Gasteiger partial charge in [0.05, 0.1) is 30.9 Å². The van der Waals surface area contributed by atoms with E-state index in [9.17, 15) is 10.4 Å². The van der Waals surface area contributed by atoms with Crippen LogP contribution in [0.1, 0.15) is 36.3 Å². The van der Waals surface area contributed by atoms with Crippen LogP contribution in [-0.4, -0.2) is 72.0 Å². The lowest BCUT2D eigenvalue weighted by Crippen LogP contribution is -2.51. The second-order valence-electron chi connectivity index (χ2n) is 9.10. The molecular weight excluding hydrogens is 404 g/mol. The molecule has 5 rings (SSSR count). The molecule has 0 aromatic carbocycles. The van der Waals surface area contributed by atoms with Gasteiger partial charge in [0.25, 0.3) is 0 Å². The number of nitrogens with one attached hydrogen (secondary N) is 1. The summed E-state index contributed by atoms with van der Waals surface area (Å²) in [6, 6.07) is 10.6. The fraction of sp³-hybridized carbons (Fsp3) is 0.542. The molecule has 0 amide bonds. The van der Waals surface area contributed by atoms with Gasteiger partial charge in [-0.3, -0.25) is 4.90 Å². The van der Waals surface area contributed by atoms with Crippen molar-refractivity contribution in [2.45, 2.75) is 31.2 Å². The summed E-state index contributed by atoms with van der Waals surface area (Å²) in [4.78, 5) is 14.1. The highest BCUT2D eigenvalue weighted by Gasteiger charge is 2.31. The van der Waals surface area contributed by atoms with E-state index in [1.807, 2.05) is 0 Å². The maximum absolute atomic E-state index is 9.58. The highest BCUT2D eigenvalue weighted by molar-refractivity contribution is 5.59. The minimum atomic E-state index is 0.218.